The monoisotopic (exact) mass is 662 g/mol. The first-order valence-corrected chi connectivity index (χ1v) is 17.9. The van der Waals surface area contributed by atoms with Crippen molar-refractivity contribution in [2.24, 2.45) is 0 Å². The van der Waals surface area contributed by atoms with E-state index < -0.39 is 0 Å². The van der Waals surface area contributed by atoms with E-state index in [9.17, 15) is 0 Å². The Morgan fingerprint density at radius 1 is 0.327 bits per heavy atom. The minimum absolute atomic E-state index is 1.10. The molecule has 0 aliphatic heterocycles. The van der Waals surface area contributed by atoms with Crippen molar-refractivity contribution in [1.29, 1.82) is 0 Å². The second-order valence-corrected chi connectivity index (χ2v) is 13.3. The molecular weight excluding hydrogens is 629 g/mol. The van der Waals surface area contributed by atoms with E-state index in [0.717, 1.165) is 22.7 Å². The smallest absolute Gasteiger partial charge is 0.0562 e. The van der Waals surface area contributed by atoms with Gasteiger partial charge in [0.2, 0.25) is 0 Å². The van der Waals surface area contributed by atoms with Crippen LogP contribution in [0.4, 0.5) is 17.1 Å². The van der Waals surface area contributed by atoms with E-state index in [1.165, 1.54) is 65.6 Å². The average molecular weight is 663 g/mol. The average Bonchev–Trinajstić information content (AvgIpc) is 3.56. The Hall–Kier alpha value is -6.90. The molecule has 0 fully saturated rings. The topological polar surface area (TPSA) is 8.17 Å². The highest BCUT2D eigenvalue weighted by Crippen LogP contribution is 2.43. The van der Waals surface area contributed by atoms with Gasteiger partial charge < -0.3 is 9.47 Å². The first-order valence-electron chi connectivity index (χ1n) is 17.9. The van der Waals surface area contributed by atoms with Gasteiger partial charge >= 0.3 is 0 Å². The van der Waals surface area contributed by atoms with E-state index in [2.05, 4.69) is 216 Å². The Morgan fingerprint density at radius 3 is 1.69 bits per heavy atom. The fourth-order valence-electron chi connectivity index (χ4n) is 8.02. The summed E-state index contributed by atoms with van der Waals surface area (Å²) in [5.41, 5.74) is 11.7. The van der Waals surface area contributed by atoms with Gasteiger partial charge in [-0.25, -0.2) is 0 Å². The third-order valence-electron chi connectivity index (χ3n) is 10.4. The van der Waals surface area contributed by atoms with Gasteiger partial charge in [-0.15, -0.1) is 0 Å². The summed E-state index contributed by atoms with van der Waals surface area (Å²) in [5.74, 6) is 0. The molecule has 244 valence electrons. The largest absolute Gasteiger partial charge is 0.310 e. The number of benzene rings is 9. The lowest BCUT2D eigenvalue weighted by Gasteiger charge is -2.26. The molecule has 0 amide bonds. The lowest BCUT2D eigenvalue weighted by molar-refractivity contribution is 1.18. The highest BCUT2D eigenvalue weighted by Gasteiger charge is 2.20. The molecular formula is C50H34N2. The molecule has 0 unspecified atom stereocenters. The minimum atomic E-state index is 1.10. The zero-order chi connectivity index (χ0) is 34.4. The van der Waals surface area contributed by atoms with Crippen LogP contribution in [0, 0.1) is 0 Å². The van der Waals surface area contributed by atoms with Crippen LogP contribution in [0.1, 0.15) is 0 Å². The molecule has 0 aliphatic rings. The van der Waals surface area contributed by atoms with Gasteiger partial charge in [-0.3, -0.25) is 0 Å². The first kappa shape index (κ1) is 30.0. The van der Waals surface area contributed by atoms with Crippen molar-refractivity contribution in [2.45, 2.75) is 0 Å². The van der Waals surface area contributed by atoms with Gasteiger partial charge in [-0.1, -0.05) is 146 Å². The van der Waals surface area contributed by atoms with Gasteiger partial charge in [0.25, 0.3) is 0 Å². The van der Waals surface area contributed by atoms with E-state index in [4.69, 9.17) is 0 Å². The SMILES string of the molecule is c1ccc(-c2cccc3c2c2ccc(N(c4ccccc4)c4ccc(-c5cc6ccccc6c6ccccc56)cc4)cc2n3-c2ccccc2)cc1. The first-order chi connectivity index (χ1) is 25.8. The molecule has 0 N–H and O–H groups in total. The molecule has 2 heteroatoms. The molecule has 0 bridgehead atoms. The number of hydrogen-bond donors (Lipinski definition) is 0. The van der Waals surface area contributed by atoms with Gasteiger partial charge in [-0.2, -0.15) is 0 Å². The normalized spacial score (nSPS) is 11.5. The molecule has 1 aromatic heterocycles. The maximum atomic E-state index is 2.41. The number of aromatic nitrogens is 1. The van der Waals surface area contributed by atoms with Gasteiger partial charge in [0.15, 0.2) is 0 Å². The van der Waals surface area contributed by atoms with Crippen molar-refractivity contribution in [3.05, 3.63) is 206 Å². The number of nitrogens with zero attached hydrogens (tertiary/aromatic N) is 2. The summed E-state index contributed by atoms with van der Waals surface area (Å²) < 4.78 is 2.41. The Kier molecular flexibility index (Phi) is 7.18. The molecule has 0 saturated carbocycles. The van der Waals surface area contributed by atoms with Crippen molar-refractivity contribution >= 4 is 60.4 Å². The Balaban J connectivity index is 1.16. The number of fused-ring (bicyclic) bond motifs is 6. The standard InChI is InChI=1S/C50H34N2/c1-4-15-35(16-5-1)43-25-14-26-48-50(43)46-32-31-41(34-49(46)52(48)39-20-8-3-9-21-39)51(38-18-6-2-7-19-38)40-29-27-36(28-30-40)47-33-37-17-10-11-22-42(37)44-23-12-13-24-45(44)47/h1-34H. The van der Waals surface area contributed by atoms with E-state index in [1.54, 1.807) is 0 Å². The fraction of sp³-hybridized carbons (Fsp3) is 0. The second kappa shape index (κ2) is 12.5. The lowest BCUT2D eigenvalue weighted by atomic mass is 9.93. The fourth-order valence-corrected chi connectivity index (χ4v) is 8.02. The van der Waals surface area contributed by atoms with Crippen LogP contribution in [0.2, 0.25) is 0 Å². The molecule has 52 heavy (non-hydrogen) atoms. The zero-order valence-electron chi connectivity index (χ0n) is 28.5. The third-order valence-corrected chi connectivity index (χ3v) is 10.4. The number of rotatable bonds is 6. The molecule has 10 rings (SSSR count). The van der Waals surface area contributed by atoms with Crippen LogP contribution in [-0.2, 0) is 0 Å². The van der Waals surface area contributed by atoms with Crippen molar-refractivity contribution in [1.82, 2.24) is 4.57 Å². The molecule has 9 aromatic carbocycles. The molecule has 1 heterocycles. The highest BCUT2D eigenvalue weighted by molar-refractivity contribution is 6.17. The lowest BCUT2D eigenvalue weighted by Crippen LogP contribution is -2.10. The maximum Gasteiger partial charge on any atom is 0.0562 e. The van der Waals surface area contributed by atoms with Gasteiger partial charge in [0, 0.05) is 33.5 Å². The molecule has 2 nitrogen and oxygen atoms in total. The van der Waals surface area contributed by atoms with Crippen LogP contribution in [0.3, 0.4) is 0 Å². The third kappa shape index (κ3) is 4.96. The molecule has 0 radical (unpaired) electrons. The minimum Gasteiger partial charge on any atom is -0.310 e. The number of hydrogen-bond acceptors (Lipinski definition) is 1. The summed E-state index contributed by atoms with van der Waals surface area (Å²) >= 11 is 0. The Morgan fingerprint density at radius 2 is 0.923 bits per heavy atom. The Bertz CT molecular complexity index is 2870. The van der Waals surface area contributed by atoms with Crippen LogP contribution < -0.4 is 4.90 Å². The number of para-hydroxylation sites is 2. The van der Waals surface area contributed by atoms with E-state index in [1.807, 2.05) is 0 Å². The van der Waals surface area contributed by atoms with Crippen LogP contribution in [0.25, 0.3) is 71.3 Å². The highest BCUT2D eigenvalue weighted by atomic mass is 15.1. The molecule has 0 atom stereocenters. The van der Waals surface area contributed by atoms with Gasteiger partial charge in [-0.05, 0) is 104 Å². The maximum absolute atomic E-state index is 2.41. The van der Waals surface area contributed by atoms with Crippen LogP contribution in [0.15, 0.2) is 206 Å². The summed E-state index contributed by atoms with van der Waals surface area (Å²) in [6.07, 6.45) is 0. The van der Waals surface area contributed by atoms with Crippen LogP contribution in [-0.4, -0.2) is 4.57 Å². The molecule has 10 aromatic rings. The Labute approximate surface area is 303 Å². The summed E-state index contributed by atoms with van der Waals surface area (Å²) in [7, 11) is 0. The predicted molar refractivity (Wildman–Crippen MR) is 221 cm³/mol. The molecule has 0 spiro atoms. The van der Waals surface area contributed by atoms with Crippen LogP contribution >= 0.6 is 0 Å². The van der Waals surface area contributed by atoms with Crippen molar-refractivity contribution < 1.29 is 0 Å². The summed E-state index contributed by atoms with van der Waals surface area (Å²) in [6, 6.07) is 74.6. The quantitative estimate of drug-likeness (QED) is 0.161. The van der Waals surface area contributed by atoms with Gasteiger partial charge in [0.05, 0.1) is 11.0 Å². The van der Waals surface area contributed by atoms with Crippen molar-refractivity contribution in [3.63, 3.8) is 0 Å². The number of anilines is 3. The van der Waals surface area contributed by atoms with E-state index >= 15 is 0 Å². The second-order valence-electron chi connectivity index (χ2n) is 13.3. The predicted octanol–water partition coefficient (Wildman–Crippen LogP) is 13.9. The molecule has 0 saturated heterocycles. The van der Waals surface area contributed by atoms with Crippen LogP contribution in [0.5, 0.6) is 0 Å². The van der Waals surface area contributed by atoms with E-state index in [-0.39, 0.29) is 0 Å². The summed E-state index contributed by atoms with van der Waals surface area (Å²) in [6.45, 7) is 0. The van der Waals surface area contributed by atoms with Crippen molar-refractivity contribution in [3.8, 4) is 27.9 Å². The summed E-state index contributed by atoms with van der Waals surface area (Å²) in [5, 5.41) is 7.58. The molecule has 0 aliphatic carbocycles. The zero-order valence-corrected chi connectivity index (χ0v) is 28.5. The van der Waals surface area contributed by atoms with Crippen molar-refractivity contribution in [2.75, 3.05) is 4.90 Å². The summed E-state index contributed by atoms with van der Waals surface area (Å²) in [4.78, 5) is 2.37. The van der Waals surface area contributed by atoms with Gasteiger partial charge in [0.1, 0.15) is 0 Å². The van der Waals surface area contributed by atoms with E-state index in [0.29, 0.717) is 0 Å².